The number of benzene rings is 3. The van der Waals surface area contributed by atoms with E-state index in [4.69, 9.17) is 9.72 Å². The number of imidazole rings is 1. The molecular weight excluding hydrogens is 539 g/mol. The summed E-state index contributed by atoms with van der Waals surface area (Å²) < 4.78 is 5.47. The molecule has 1 aliphatic rings. The van der Waals surface area contributed by atoms with Crippen molar-refractivity contribution in [3.05, 3.63) is 107 Å². The number of aryl methyl sites for hydroxylation is 1. The Bertz CT molecular complexity index is 1220. The highest BCUT2D eigenvalue weighted by molar-refractivity contribution is 5.86. The monoisotopic (exact) mass is 574 g/mol. The van der Waals surface area contributed by atoms with Crippen LogP contribution in [0.2, 0.25) is 0 Å². The highest BCUT2D eigenvalue weighted by Crippen LogP contribution is 2.47. The van der Waals surface area contributed by atoms with E-state index in [0.717, 1.165) is 54.7 Å². The number of aromatic nitrogens is 2. The zero-order valence-corrected chi connectivity index (χ0v) is 24.5. The number of nitrogens with zero attached hydrogens (tertiary/aromatic N) is 2. The van der Waals surface area contributed by atoms with Crippen LogP contribution in [0.15, 0.2) is 84.9 Å². The van der Waals surface area contributed by atoms with E-state index in [2.05, 4.69) is 95.8 Å². The maximum absolute atomic E-state index is 5.47. The molecule has 204 valence electrons. The molecule has 3 aromatic carbocycles. The average molecular weight is 576 g/mol. The molecule has 1 unspecified atom stereocenters. The topological polar surface area (TPSA) is 53.2 Å². The Balaban J connectivity index is 0.00000169. The van der Waals surface area contributed by atoms with Crippen LogP contribution in [0, 0.1) is 6.92 Å². The summed E-state index contributed by atoms with van der Waals surface area (Å²) in [6.45, 7) is 8.40. The van der Waals surface area contributed by atoms with Crippen LogP contribution >= 0.6 is 37.2 Å². The average Bonchev–Trinajstić information content (AvgIpc) is 3.32. The van der Waals surface area contributed by atoms with Crippen LogP contribution < -0.4 is 10.1 Å². The predicted octanol–water partition coefficient (Wildman–Crippen LogP) is 6.61. The van der Waals surface area contributed by atoms with Gasteiger partial charge in [0.05, 0.1) is 18.3 Å². The van der Waals surface area contributed by atoms with Gasteiger partial charge in [0.15, 0.2) is 0 Å². The molecule has 0 aliphatic carbocycles. The molecule has 1 atom stereocenters. The van der Waals surface area contributed by atoms with Gasteiger partial charge in [-0.05, 0) is 37.1 Å². The molecule has 4 aromatic rings. The van der Waals surface area contributed by atoms with Crippen molar-refractivity contribution < 1.29 is 4.74 Å². The third kappa shape index (κ3) is 6.19. The van der Waals surface area contributed by atoms with E-state index in [9.17, 15) is 0 Å². The molecule has 1 aromatic heterocycles. The Kier molecular flexibility index (Phi) is 11.7. The number of hydrogen-bond acceptors (Lipinski definition) is 4. The quantitative estimate of drug-likeness (QED) is 0.260. The second-order valence-electron chi connectivity index (χ2n) is 9.43. The standard InChI is InChI=1S/C30H34N4O.3ClH/c1-22-28(33-29(32-22)25-15-10-16-26(21-25)35-3)30(2,34-19-17-31-18-20-34)27(23-11-6-4-7-12-23)24-13-8-5-9-14-24;;;/h4-16,21,27,31H,17-20H2,1-3H3,(H,32,33);3*1H. The molecule has 8 heteroatoms. The second-order valence-corrected chi connectivity index (χ2v) is 9.43. The molecule has 1 fully saturated rings. The smallest absolute Gasteiger partial charge is 0.138 e. The number of halogens is 3. The molecule has 1 saturated heterocycles. The van der Waals surface area contributed by atoms with Gasteiger partial charge in [0.2, 0.25) is 0 Å². The fourth-order valence-corrected chi connectivity index (χ4v) is 5.59. The summed E-state index contributed by atoms with van der Waals surface area (Å²) in [7, 11) is 1.70. The summed E-state index contributed by atoms with van der Waals surface area (Å²) in [5, 5.41) is 3.53. The van der Waals surface area contributed by atoms with Crippen molar-refractivity contribution in [1.29, 1.82) is 0 Å². The number of piperazine rings is 1. The summed E-state index contributed by atoms with van der Waals surface area (Å²) in [4.78, 5) is 11.5. The lowest BCUT2D eigenvalue weighted by Crippen LogP contribution is -2.56. The molecule has 5 rings (SSSR count). The van der Waals surface area contributed by atoms with Crippen molar-refractivity contribution in [2.24, 2.45) is 0 Å². The van der Waals surface area contributed by atoms with Crippen LogP contribution in [-0.2, 0) is 5.54 Å². The van der Waals surface area contributed by atoms with E-state index in [-0.39, 0.29) is 48.7 Å². The lowest BCUT2D eigenvalue weighted by molar-refractivity contribution is 0.0673. The molecule has 0 bridgehead atoms. The number of hydrogen-bond donors (Lipinski definition) is 2. The summed E-state index contributed by atoms with van der Waals surface area (Å²) in [5.74, 6) is 1.82. The van der Waals surface area contributed by atoms with Gasteiger partial charge in [0.1, 0.15) is 11.6 Å². The Labute approximate surface area is 244 Å². The molecule has 1 aliphatic heterocycles. The van der Waals surface area contributed by atoms with Gasteiger partial charge >= 0.3 is 0 Å². The van der Waals surface area contributed by atoms with E-state index < -0.39 is 0 Å². The van der Waals surface area contributed by atoms with E-state index in [1.54, 1.807) is 7.11 Å². The zero-order valence-electron chi connectivity index (χ0n) is 22.0. The Hall–Kier alpha value is -2.54. The minimum Gasteiger partial charge on any atom is -0.497 e. The summed E-state index contributed by atoms with van der Waals surface area (Å²) >= 11 is 0. The van der Waals surface area contributed by atoms with Crippen LogP contribution in [0.25, 0.3) is 11.4 Å². The van der Waals surface area contributed by atoms with Gasteiger partial charge in [-0.15, -0.1) is 37.2 Å². The first-order chi connectivity index (χ1) is 17.1. The fourth-order valence-electron chi connectivity index (χ4n) is 5.59. The number of rotatable bonds is 7. The Morgan fingerprint density at radius 1 is 0.842 bits per heavy atom. The minimum atomic E-state index is -0.359. The fraction of sp³-hybridized carbons (Fsp3) is 0.300. The van der Waals surface area contributed by atoms with E-state index in [1.165, 1.54) is 11.1 Å². The molecule has 5 nitrogen and oxygen atoms in total. The van der Waals surface area contributed by atoms with Crippen LogP contribution in [0.4, 0.5) is 0 Å². The van der Waals surface area contributed by atoms with Gasteiger partial charge in [-0.1, -0.05) is 72.8 Å². The summed E-state index contributed by atoms with van der Waals surface area (Å²) in [5.41, 5.74) is 5.45. The van der Waals surface area contributed by atoms with E-state index in [0.29, 0.717) is 0 Å². The first kappa shape index (κ1) is 31.7. The largest absolute Gasteiger partial charge is 0.497 e. The number of aromatic amines is 1. The van der Waals surface area contributed by atoms with Crippen molar-refractivity contribution >= 4 is 37.2 Å². The molecular formula is C30H37Cl3N4O. The normalized spacial score (nSPS) is 14.9. The first-order valence-corrected chi connectivity index (χ1v) is 12.4. The van der Waals surface area contributed by atoms with Crippen LogP contribution in [0.3, 0.4) is 0 Å². The number of H-pyrrole nitrogens is 1. The Morgan fingerprint density at radius 3 is 1.97 bits per heavy atom. The van der Waals surface area contributed by atoms with Crippen molar-refractivity contribution in [2.45, 2.75) is 25.3 Å². The molecule has 0 spiro atoms. The van der Waals surface area contributed by atoms with Crippen molar-refractivity contribution in [3.8, 4) is 17.1 Å². The zero-order chi connectivity index (χ0) is 24.3. The number of methoxy groups -OCH3 is 1. The minimum absolute atomic E-state index is 0. The second kappa shape index (κ2) is 14.0. The summed E-state index contributed by atoms with van der Waals surface area (Å²) in [6, 6.07) is 29.9. The third-order valence-corrected chi connectivity index (χ3v) is 7.31. The number of ether oxygens (including phenoxy) is 1. The molecule has 0 saturated carbocycles. The van der Waals surface area contributed by atoms with Crippen molar-refractivity contribution in [3.63, 3.8) is 0 Å². The lowest BCUT2D eigenvalue weighted by atomic mass is 9.72. The molecule has 2 heterocycles. The third-order valence-electron chi connectivity index (χ3n) is 7.31. The lowest BCUT2D eigenvalue weighted by Gasteiger charge is -2.48. The molecule has 0 radical (unpaired) electrons. The molecule has 0 amide bonds. The van der Waals surface area contributed by atoms with Gasteiger partial charge in [0.25, 0.3) is 0 Å². The maximum atomic E-state index is 5.47. The summed E-state index contributed by atoms with van der Waals surface area (Å²) in [6.07, 6.45) is 0. The van der Waals surface area contributed by atoms with Gasteiger partial charge in [-0.2, -0.15) is 0 Å². The van der Waals surface area contributed by atoms with Crippen LogP contribution in [-0.4, -0.2) is 48.2 Å². The maximum Gasteiger partial charge on any atom is 0.138 e. The van der Waals surface area contributed by atoms with Gasteiger partial charge < -0.3 is 15.0 Å². The Morgan fingerprint density at radius 2 is 1.42 bits per heavy atom. The SMILES string of the molecule is COc1cccc(-c2nc(C(C)(C(c3ccccc3)c3ccccc3)N3CCNCC3)c(C)[nH]2)c1.Cl.Cl.Cl. The van der Waals surface area contributed by atoms with Crippen LogP contribution in [0.1, 0.15) is 35.4 Å². The van der Waals surface area contributed by atoms with E-state index in [1.807, 2.05) is 18.2 Å². The number of nitrogens with one attached hydrogen (secondary N) is 2. The van der Waals surface area contributed by atoms with Gasteiger partial charge in [0, 0.05) is 43.4 Å². The first-order valence-electron chi connectivity index (χ1n) is 12.4. The molecule has 38 heavy (non-hydrogen) atoms. The highest BCUT2D eigenvalue weighted by atomic mass is 35.5. The van der Waals surface area contributed by atoms with Gasteiger partial charge in [-0.25, -0.2) is 4.98 Å². The highest BCUT2D eigenvalue weighted by Gasteiger charge is 2.46. The van der Waals surface area contributed by atoms with E-state index >= 15 is 0 Å². The molecule has 2 N–H and O–H groups in total. The van der Waals surface area contributed by atoms with Gasteiger partial charge in [-0.3, -0.25) is 4.90 Å². The van der Waals surface area contributed by atoms with Crippen molar-refractivity contribution in [2.75, 3.05) is 33.3 Å². The van der Waals surface area contributed by atoms with Crippen molar-refractivity contribution in [1.82, 2.24) is 20.2 Å². The van der Waals surface area contributed by atoms with Crippen LogP contribution in [0.5, 0.6) is 5.75 Å². The predicted molar refractivity (Wildman–Crippen MR) is 164 cm³/mol.